The molecule has 0 amide bonds. The van der Waals surface area contributed by atoms with Gasteiger partial charge in [-0.2, -0.15) is 0 Å². The molecule has 1 aromatic carbocycles. The minimum atomic E-state index is -0.752. The summed E-state index contributed by atoms with van der Waals surface area (Å²) in [7, 11) is 1.95. The fourth-order valence-corrected chi connectivity index (χ4v) is 3.12. The summed E-state index contributed by atoms with van der Waals surface area (Å²) < 4.78 is 0. The Labute approximate surface area is 111 Å². The molecule has 5 heteroatoms. The molecule has 96 valence electrons. The van der Waals surface area contributed by atoms with Gasteiger partial charge in [-0.25, -0.2) is 4.99 Å². The lowest BCUT2D eigenvalue weighted by atomic mass is 10.2. The molecule has 18 heavy (non-hydrogen) atoms. The predicted octanol–water partition coefficient (Wildman–Crippen LogP) is 2.50. The quantitative estimate of drug-likeness (QED) is 0.911. The Balaban J connectivity index is 2.11. The van der Waals surface area contributed by atoms with Crippen molar-refractivity contribution < 1.29 is 9.90 Å². The molecule has 2 rings (SSSR count). The highest BCUT2D eigenvalue weighted by molar-refractivity contribution is 8.14. The molecule has 1 aliphatic heterocycles. The van der Waals surface area contributed by atoms with Crippen molar-refractivity contribution in [3.8, 4) is 0 Å². The second kappa shape index (κ2) is 5.44. The van der Waals surface area contributed by atoms with E-state index in [0.717, 1.165) is 17.4 Å². The molecule has 0 radical (unpaired) electrons. The van der Waals surface area contributed by atoms with E-state index in [-0.39, 0.29) is 11.7 Å². The molecule has 0 saturated carbocycles. The highest BCUT2D eigenvalue weighted by Gasteiger charge is 2.27. The number of nitrogens with zero attached hydrogens (tertiary/aromatic N) is 2. The second-order valence-corrected chi connectivity index (χ2v) is 5.72. The van der Waals surface area contributed by atoms with Gasteiger partial charge in [0.1, 0.15) is 0 Å². The van der Waals surface area contributed by atoms with E-state index < -0.39 is 5.97 Å². The smallest absolute Gasteiger partial charge is 0.304 e. The standard InChI is InChI=1S/C13H16N2O2S/c1-9-4-3-5-10(6-9)14-13-15(2)8-11(18-13)7-12(16)17/h3-6,11H,7-8H2,1-2H3,(H,16,17). The number of hydrogen-bond donors (Lipinski definition) is 1. The van der Waals surface area contributed by atoms with Crippen LogP contribution in [0.2, 0.25) is 0 Å². The van der Waals surface area contributed by atoms with Crippen LogP contribution in [-0.4, -0.2) is 40.0 Å². The van der Waals surface area contributed by atoms with Crippen LogP contribution in [0.5, 0.6) is 0 Å². The van der Waals surface area contributed by atoms with Crippen LogP contribution >= 0.6 is 11.8 Å². The van der Waals surface area contributed by atoms with Crippen LogP contribution in [0.1, 0.15) is 12.0 Å². The summed E-state index contributed by atoms with van der Waals surface area (Å²) in [5, 5.41) is 9.79. The summed E-state index contributed by atoms with van der Waals surface area (Å²) in [6.07, 6.45) is 0.182. The van der Waals surface area contributed by atoms with Crippen molar-refractivity contribution in [1.82, 2.24) is 4.90 Å². The van der Waals surface area contributed by atoms with Gasteiger partial charge in [-0.1, -0.05) is 23.9 Å². The lowest BCUT2D eigenvalue weighted by Gasteiger charge is -2.09. The van der Waals surface area contributed by atoms with Gasteiger partial charge in [-0.15, -0.1) is 0 Å². The van der Waals surface area contributed by atoms with Crippen LogP contribution in [0.3, 0.4) is 0 Å². The number of amidine groups is 1. The zero-order chi connectivity index (χ0) is 13.1. The molecule has 1 aliphatic rings. The first kappa shape index (κ1) is 13.0. The number of aliphatic imine (C=N–C) groups is 1. The summed E-state index contributed by atoms with van der Waals surface area (Å²) in [5.41, 5.74) is 2.09. The number of carbonyl (C=O) groups is 1. The maximum Gasteiger partial charge on any atom is 0.304 e. The Morgan fingerprint density at radius 3 is 3.06 bits per heavy atom. The molecule has 1 N–H and O–H groups in total. The Bertz CT molecular complexity index is 488. The lowest BCUT2D eigenvalue weighted by Crippen LogP contribution is -2.21. The van der Waals surface area contributed by atoms with E-state index in [0.29, 0.717) is 0 Å². The Hall–Kier alpha value is -1.49. The van der Waals surface area contributed by atoms with Gasteiger partial charge in [-0.3, -0.25) is 4.79 Å². The third kappa shape index (κ3) is 3.26. The molecular weight excluding hydrogens is 248 g/mol. The largest absolute Gasteiger partial charge is 0.481 e. The van der Waals surface area contributed by atoms with Gasteiger partial charge < -0.3 is 10.0 Å². The fourth-order valence-electron chi connectivity index (χ4n) is 1.88. The zero-order valence-electron chi connectivity index (χ0n) is 10.5. The van der Waals surface area contributed by atoms with Crippen molar-refractivity contribution in [3.05, 3.63) is 29.8 Å². The highest BCUT2D eigenvalue weighted by Crippen LogP contribution is 2.29. The van der Waals surface area contributed by atoms with Gasteiger partial charge in [0.05, 0.1) is 12.1 Å². The third-order valence-electron chi connectivity index (χ3n) is 2.70. The summed E-state index contributed by atoms with van der Waals surface area (Å²) in [5.74, 6) is -0.752. The summed E-state index contributed by atoms with van der Waals surface area (Å²) >= 11 is 1.54. The fraction of sp³-hybridized carbons (Fsp3) is 0.385. The molecule has 1 aromatic rings. The molecule has 0 aromatic heterocycles. The van der Waals surface area contributed by atoms with Crippen molar-refractivity contribution in [3.63, 3.8) is 0 Å². The molecule has 0 spiro atoms. The van der Waals surface area contributed by atoms with E-state index >= 15 is 0 Å². The number of benzene rings is 1. The number of aliphatic carboxylic acids is 1. The first-order chi connectivity index (χ1) is 8.54. The van der Waals surface area contributed by atoms with E-state index in [4.69, 9.17) is 5.11 Å². The van der Waals surface area contributed by atoms with Crippen LogP contribution in [-0.2, 0) is 4.79 Å². The van der Waals surface area contributed by atoms with E-state index in [1.54, 1.807) is 11.8 Å². The number of rotatable bonds is 3. The maximum absolute atomic E-state index is 10.7. The van der Waals surface area contributed by atoms with Gasteiger partial charge in [-0.05, 0) is 24.6 Å². The predicted molar refractivity (Wildman–Crippen MR) is 74.5 cm³/mol. The van der Waals surface area contributed by atoms with E-state index in [1.807, 2.05) is 43.1 Å². The van der Waals surface area contributed by atoms with Crippen LogP contribution < -0.4 is 0 Å². The molecule has 1 fully saturated rings. The number of hydrogen-bond acceptors (Lipinski definition) is 3. The van der Waals surface area contributed by atoms with Crippen LogP contribution in [0.15, 0.2) is 29.3 Å². The third-order valence-corrected chi connectivity index (χ3v) is 3.97. The highest BCUT2D eigenvalue weighted by atomic mass is 32.2. The van der Waals surface area contributed by atoms with Gasteiger partial charge in [0.15, 0.2) is 5.17 Å². The average Bonchev–Trinajstić information content (AvgIpc) is 2.58. The number of carboxylic acid groups (broad SMARTS) is 1. The van der Waals surface area contributed by atoms with Crippen molar-refractivity contribution in [2.45, 2.75) is 18.6 Å². The minimum Gasteiger partial charge on any atom is -0.481 e. The molecular formula is C13H16N2O2S. The Morgan fingerprint density at radius 1 is 1.61 bits per heavy atom. The number of aryl methyl sites for hydroxylation is 1. The summed E-state index contributed by atoms with van der Waals surface area (Å²) in [4.78, 5) is 17.3. The monoisotopic (exact) mass is 264 g/mol. The first-order valence-corrected chi connectivity index (χ1v) is 6.67. The van der Waals surface area contributed by atoms with Gasteiger partial charge in [0, 0.05) is 18.8 Å². The number of carboxylic acids is 1. The minimum absolute atomic E-state index is 0.0936. The van der Waals surface area contributed by atoms with E-state index in [1.165, 1.54) is 5.56 Å². The van der Waals surface area contributed by atoms with Crippen molar-refractivity contribution >= 4 is 28.6 Å². The van der Waals surface area contributed by atoms with Gasteiger partial charge in [0.25, 0.3) is 0 Å². The van der Waals surface area contributed by atoms with E-state index in [2.05, 4.69) is 4.99 Å². The summed E-state index contributed by atoms with van der Waals surface area (Å²) in [6, 6.07) is 7.98. The van der Waals surface area contributed by atoms with Gasteiger partial charge >= 0.3 is 5.97 Å². The molecule has 0 bridgehead atoms. The Morgan fingerprint density at radius 2 is 2.39 bits per heavy atom. The second-order valence-electron chi connectivity index (χ2n) is 4.45. The zero-order valence-corrected chi connectivity index (χ0v) is 11.3. The SMILES string of the molecule is Cc1cccc(N=C2SC(CC(=O)O)CN2C)c1. The van der Waals surface area contributed by atoms with E-state index in [9.17, 15) is 4.79 Å². The number of thioether (sulfide) groups is 1. The molecule has 0 aliphatic carbocycles. The molecule has 1 saturated heterocycles. The average molecular weight is 264 g/mol. The van der Waals surface area contributed by atoms with Crippen LogP contribution in [0.25, 0.3) is 0 Å². The van der Waals surface area contributed by atoms with Crippen molar-refractivity contribution in [2.75, 3.05) is 13.6 Å². The molecule has 1 atom stereocenters. The maximum atomic E-state index is 10.7. The first-order valence-electron chi connectivity index (χ1n) is 5.79. The normalized spacial score (nSPS) is 21.6. The topological polar surface area (TPSA) is 52.9 Å². The van der Waals surface area contributed by atoms with Crippen LogP contribution in [0, 0.1) is 6.92 Å². The summed E-state index contributed by atoms with van der Waals surface area (Å²) in [6.45, 7) is 2.77. The molecule has 1 heterocycles. The molecule has 1 unspecified atom stereocenters. The lowest BCUT2D eigenvalue weighted by molar-refractivity contribution is -0.136. The van der Waals surface area contributed by atoms with Crippen molar-refractivity contribution in [2.24, 2.45) is 4.99 Å². The molecule has 4 nitrogen and oxygen atoms in total. The van der Waals surface area contributed by atoms with Crippen molar-refractivity contribution in [1.29, 1.82) is 0 Å². The van der Waals surface area contributed by atoms with Gasteiger partial charge in [0.2, 0.25) is 0 Å². The Kier molecular flexibility index (Phi) is 3.91. The van der Waals surface area contributed by atoms with Crippen LogP contribution in [0.4, 0.5) is 5.69 Å².